The molecule has 7 heteroatoms. The number of carbonyl (C=O) groups excluding carboxylic acids is 1. The molecule has 2 heterocycles. The second kappa shape index (κ2) is 5.83. The fraction of sp³-hybridized carbons (Fsp3) is 0.417. The summed E-state index contributed by atoms with van der Waals surface area (Å²) in [7, 11) is 1.33. The zero-order valence-corrected chi connectivity index (χ0v) is 11.5. The van der Waals surface area contributed by atoms with E-state index in [1.807, 2.05) is 6.92 Å². The van der Waals surface area contributed by atoms with Crippen LogP contribution in [0.25, 0.3) is 0 Å². The van der Waals surface area contributed by atoms with Gasteiger partial charge in [0.1, 0.15) is 4.88 Å². The van der Waals surface area contributed by atoms with Gasteiger partial charge in [0.15, 0.2) is 0 Å². The van der Waals surface area contributed by atoms with Crippen LogP contribution in [0.5, 0.6) is 0 Å². The number of nitrogens with zero attached hydrogens (tertiary/aromatic N) is 2. The van der Waals surface area contributed by atoms with E-state index in [1.165, 1.54) is 23.1 Å². The number of methoxy groups -OCH3 is 1. The molecule has 0 radical (unpaired) electrons. The molecule has 0 N–H and O–H groups in total. The minimum absolute atomic E-state index is 0.299. The molecule has 102 valence electrons. The van der Waals surface area contributed by atoms with E-state index in [9.17, 15) is 9.59 Å². The largest absolute Gasteiger partial charge is 0.465 e. The number of hydrogen-bond acceptors (Lipinski definition) is 6. The van der Waals surface area contributed by atoms with Gasteiger partial charge in [-0.25, -0.2) is 9.59 Å². The molecule has 0 aromatic carbocycles. The predicted octanol–water partition coefficient (Wildman–Crippen LogP) is 1.69. The summed E-state index contributed by atoms with van der Waals surface area (Å²) < 4.78 is 10.9. The van der Waals surface area contributed by atoms with Crippen LogP contribution in [0.1, 0.15) is 33.8 Å². The van der Waals surface area contributed by atoms with Crippen LogP contribution in [0, 0.1) is 0 Å². The third-order valence-electron chi connectivity index (χ3n) is 2.47. The third-order valence-corrected chi connectivity index (χ3v) is 3.52. The maximum atomic E-state index is 11.6. The summed E-state index contributed by atoms with van der Waals surface area (Å²) in [6.45, 7) is 2.29. The molecule has 2 aromatic heterocycles. The summed E-state index contributed by atoms with van der Waals surface area (Å²) in [5, 5.41) is 4.10. The Hall–Kier alpha value is -1.89. The molecule has 0 bridgehead atoms. The SMILES string of the molecule is CCCc1nn(Cc2ccc(C(=O)OC)s2)c(=O)o1. The van der Waals surface area contributed by atoms with Crippen LogP contribution in [0.4, 0.5) is 0 Å². The lowest BCUT2D eigenvalue weighted by Crippen LogP contribution is -2.15. The maximum Gasteiger partial charge on any atom is 0.437 e. The van der Waals surface area contributed by atoms with Crippen LogP contribution >= 0.6 is 11.3 Å². The van der Waals surface area contributed by atoms with Gasteiger partial charge in [-0.3, -0.25) is 0 Å². The van der Waals surface area contributed by atoms with Crippen LogP contribution in [0.3, 0.4) is 0 Å². The fourth-order valence-electron chi connectivity index (χ4n) is 1.58. The summed E-state index contributed by atoms with van der Waals surface area (Å²) >= 11 is 1.28. The van der Waals surface area contributed by atoms with E-state index in [0.717, 1.165) is 11.3 Å². The topological polar surface area (TPSA) is 74.3 Å². The molecule has 0 fully saturated rings. The number of aryl methyl sites for hydroxylation is 1. The number of aromatic nitrogens is 2. The van der Waals surface area contributed by atoms with Crippen molar-refractivity contribution in [2.75, 3.05) is 7.11 Å². The summed E-state index contributed by atoms with van der Waals surface area (Å²) in [5.41, 5.74) is 0. The van der Waals surface area contributed by atoms with Gasteiger partial charge >= 0.3 is 11.7 Å². The van der Waals surface area contributed by atoms with Crippen molar-refractivity contribution in [1.29, 1.82) is 0 Å². The Morgan fingerprint density at radius 1 is 1.53 bits per heavy atom. The lowest BCUT2D eigenvalue weighted by atomic mass is 10.3. The van der Waals surface area contributed by atoms with Gasteiger partial charge in [-0.15, -0.1) is 16.4 Å². The molecule has 6 nitrogen and oxygen atoms in total. The first-order valence-electron chi connectivity index (χ1n) is 5.88. The molecule has 0 saturated heterocycles. The summed E-state index contributed by atoms with van der Waals surface area (Å²) in [6.07, 6.45) is 1.51. The lowest BCUT2D eigenvalue weighted by molar-refractivity contribution is 0.0606. The quantitative estimate of drug-likeness (QED) is 0.780. The maximum absolute atomic E-state index is 11.6. The molecule has 0 saturated carbocycles. The molecule has 2 rings (SSSR count). The molecular weight excluding hydrogens is 268 g/mol. The number of esters is 1. The predicted molar refractivity (Wildman–Crippen MR) is 69.5 cm³/mol. The van der Waals surface area contributed by atoms with Crippen molar-refractivity contribution in [3.63, 3.8) is 0 Å². The van der Waals surface area contributed by atoms with Crippen LogP contribution in [-0.4, -0.2) is 22.9 Å². The number of thiophene rings is 1. The Bertz CT molecular complexity index is 626. The Kier molecular flexibility index (Phi) is 4.16. The minimum Gasteiger partial charge on any atom is -0.465 e. The number of rotatable bonds is 5. The molecule has 0 spiro atoms. The first kappa shape index (κ1) is 13.5. The highest BCUT2D eigenvalue weighted by atomic mass is 32.1. The van der Waals surface area contributed by atoms with Gasteiger partial charge in [-0.2, -0.15) is 4.68 Å². The Labute approximate surface area is 113 Å². The average Bonchev–Trinajstić information content (AvgIpc) is 2.98. The zero-order chi connectivity index (χ0) is 13.8. The summed E-state index contributed by atoms with van der Waals surface area (Å²) in [5.74, 6) is -0.413. The highest BCUT2D eigenvalue weighted by Gasteiger charge is 2.12. The second-order valence-electron chi connectivity index (χ2n) is 3.93. The minimum atomic E-state index is -0.475. The molecule has 0 atom stereocenters. The first-order chi connectivity index (χ1) is 9.13. The Balaban J connectivity index is 2.14. The van der Waals surface area contributed by atoms with Crippen molar-refractivity contribution in [3.05, 3.63) is 38.3 Å². The lowest BCUT2D eigenvalue weighted by Gasteiger charge is -1.95. The number of ether oxygens (including phenoxy) is 1. The van der Waals surface area contributed by atoms with Crippen molar-refractivity contribution in [3.8, 4) is 0 Å². The Morgan fingerprint density at radius 3 is 3.00 bits per heavy atom. The molecule has 0 amide bonds. The summed E-state index contributed by atoms with van der Waals surface area (Å²) in [6, 6.07) is 3.45. The number of carbonyl (C=O) groups is 1. The fourth-order valence-corrected chi connectivity index (χ4v) is 2.49. The van der Waals surface area contributed by atoms with Crippen molar-refractivity contribution in [2.24, 2.45) is 0 Å². The van der Waals surface area contributed by atoms with E-state index in [2.05, 4.69) is 9.84 Å². The summed E-state index contributed by atoms with van der Waals surface area (Å²) in [4.78, 5) is 24.2. The van der Waals surface area contributed by atoms with E-state index in [1.54, 1.807) is 12.1 Å². The van der Waals surface area contributed by atoms with Crippen LogP contribution in [0.15, 0.2) is 21.3 Å². The van der Waals surface area contributed by atoms with E-state index in [4.69, 9.17) is 4.42 Å². The Morgan fingerprint density at radius 2 is 2.32 bits per heavy atom. The van der Waals surface area contributed by atoms with Crippen molar-refractivity contribution < 1.29 is 13.9 Å². The van der Waals surface area contributed by atoms with E-state index in [-0.39, 0.29) is 5.97 Å². The third kappa shape index (κ3) is 3.11. The van der Waals surface area contributed by atoms with Crippen LogP contribution in [0.2, 0.25) is 0 Å². The van der Waals surface area contributed by atoms with E-state index >= 15 is 0 Å². The van der Waals surface area contributed by atoms with Gasteiger partial charge in [0.05, 0.1) is 13.7 Å². The molecular formula is C12H14N2O4S. The smallest absolute Gasteiger partial charge is 0.437 e. The van der Waals surface area contributed by atoms with Gasteiger partial charge < -0.3 is 9.15 Å². The molecule has 0 unspecified atom stereocenters. The highest BCUT2D eigenvalue weighted by Crippen LogP contribution is 2.17. The van der Waals surface area contributed by atoms with Crippen molar-refractivity contribution in [1.82, 2.24) is 9.78 Å². The number of hydrogen-bond donors (Lipinski definition) is 0. The van der Waals surface area contributed by atoms with E-state index < -0.39 is 5.76 Å². The normalized spacial score (nSPS) is 10.6. The molecule has 19 heavy (non-hydrogen) atoms. The van der Waals surface area contributed by atoms with Gasteiger partial charge in [-0.05, 0) is 18.6 Å². The first-order valence-corrected chi connectivity index (χ1v) is 6.69. The van der Waals surface area contributed by atoms with Gasteiger partial charge in [0.25, 0.3) is 0 Å². The molecule has 0 aliphatic carbocycles. The highest BCUT2D eigenvalue weighted by molar-refractivity contribution is 7.13. The second-order valence-corrected chi connectivity index (χ2v) is 5.10. The van der Waals surface area contributed by atoms with Crippen LogP contribution < -0.4 is 5.76 Å². The average molecular weight is 282 g/mol. The standard InChI is InChI=1S/C12H14N2O4S/c1-3-4-10-13-14(12(16)18-10)7-8-5-6-9(19-8)11(15)17-2/h5-6H,3-4,7H2,1-2H3. The van der Waals surface area contributed by atoms with Gasteiger partial charge in [0, 0.05) is 11.3 Å². The monoisotopic (exact) mass is 282 g/mol. The zero-order valence-electron chi connectivity index (χ0n) is 10.7. The van der Waals surface area contributed by atoms with E-state index in [0.29, 0.717) is 23.7 Å². The van der Waals surface area contributed by atoms with Crippen molar-refractivity contribution >= 4 is 17.3 Å². The molecule has 2 aromatic rings. The molecule has 0 aliphatic heterocycles. The van der Waals surface area contributed by atoms with Crippen molar-refractivity contribution in [2.45, 2.75) is 26.3 Å². The molecule has 0 aliphatic rings. The van der Waals surface area contributed by atoms with Gasteiger partial charge in [-0.1, -0.05) is 6.92 Å². The van der Waals surface area contributed by atoms with Gasteiger partial charge in [0.2, 0.25) is 5.89 Å². The van der Waals surface area contributed by atoms with Crippen LogP contribution in [-0.2, 0) is 17.7 Å².